The van der Waals surface area contributed by atoms with E-state index in [9.17, 15) is 9.18 Å². The second kappa shape index (κ2) is 7.67. The number of amides is 1. The van der Waals surface area contributed by atoms with Gasteiger partial charge >= 0.3 is 6.09 Å². The lowest BCUT2D eigenvalue weighted by molar-refractivity contribution is 0.129. The second-order valence-corrected chi connectivity index (χ2v) is 6.02. The highest BCUT2D eigenvalue weighted by Crippen LogP contribution is 2.26. The number of nitrogens with one attached hydrogen (secondary N) is 2. The first kappa shape index (κ1) is 16.8. The number of ether oxygens (including phenoxy) is 1. The average molecular weight is 339 g/mol. The van der Waals surface area contributed by atoms with Gasteiger partial charge < -0.3 is 15.4 Å². The molecule has 2 N–H and O–H groups in total. The number of hydrogen-bond acceptors (Lipinski definition) is 4. The smallest absolute Gasteiger partial charge is 0.407 e. The van der Waals surface area contributed by atoms with Crippen molar-refractivity contribution in [1.82, 2.24) is 5.32 Å². The molecule has 2 aromatic rings. The Morgan fingerprint density at radius 1 is 1.20 bits per heavy atom. The third-order valence-corrected chi connectivity index (χ3v) is 4.13. The number of carbonyl (C=O) groups excluding carboxylic acids is 1. The molecular formula is C19H18FN3O2. The van der Waals surface area contributed by atoms with Gasteiger partial charge in [-0.2, -0.15) is 5.26 Å². The van der Waals surface area contributed by atoms with Crippen LogP contribution in [0.3, 0.4) is 0 Å². The molecule has 0 radical (unpaired) electrons. The first-order valence-electron chi connectivity index (χ1n) is 8.07. The number of halogens is 1. The Bertz CT molecular complexity index is 783. The average Bonchev–Trinajstić information content (AvgIpc) is 2.60. The Labute approximate surface area is 145 Å². The molecule has 1 aliphatic rings. The number of hydrogen-bond donors (Lipinski definition) is 2. The van der Waals surface area contributed by atoms with Gasteiger partial charge in [-0.25, -0.2) is 9.18 Å². The van der Waals surface area contributed by atoms with Crippen molar-refractivity contribution >= 4 is 11.8 Å². The lowest BCUT2D eigenvalue weighted by atomic mass is 9.86. The molecule has 1 aliphatic carbocycles. The first-order chi connectivity index (χ1) is 12.1. The molecule has 0 aromatic heterocycles. The fraction of sp³-hybridized carbons (Fsp3) is 0.263. The molecule has 0 saturated heterocycles. The van der Waals surface area contributed by atoms with Crippen LogP contribution in [-0.4, -0.2) is 18.2 Å². The van der Waals surface area contributed by atoms with Gasteiger partial charge in [-0.1, -0.05) is 30.3 Å². The van der Waals surface area contributed by atoms with Crippen molar-refractivity contribution in [3.8, 4) is 6.07 Å². The van der Waals surface area contributed by atoms with E-state index in [1.807, 2.05) is 36.4 Å². The van der Waals surface area contributed by atoms with E-state index < -0.39 is 11.9 Å². The minimum Gasteiger partial charge on any atom is -0.445 e. The number of rotatable bonds is 5. The monoisotopic (exact) mass is 339 g/mol. The molecule has 0 spiro atoms. The van der Waals surface area contributed by atoms with Gasteiger partial charge in [-0.05, 0) is 36.6 Å². The molecule has 1 fully saturated rings. The van der Waals surface area contributed by atoms with Gasteiger partial charge in [0.1, 0.15) is 18.5 Å². The van der Waals surface area contributed by atoms with E-state index >= 15 is 0 Å². The Balaban J connectivity index is 1.41. The van der Waals surface area contributed by atoms with Crippen LogP contribution in [0.1, 0.15) is 24.0 Å². The van der Waals surface area contributed by atoms with Gasteiger partial charge in [0.25, 0.3) is 0 Å². The van der Waals surface area contributed by atoms with E-state index in [-0.39, 0.29) is 24.3 Å². The maximum atomic E-state index is 13.1. The highest BCUT2D eigenvalue weighted by molar-refractivity contribution is 5.68. The maximum absolute atomic E-state index is 13.1. The summed E-state index contributed by atoms with van der Waals surface area (Å²) in [4.78, 5) is 11.8. The minimum absolute atomic E-state index is 0.0340. The van der Waals surface area contributed by atoms with Crippen molar-refractivity contribution in [3.63, 3.8) is 0 Å². The summed E-state index contributed by atoms with van der Waals surface area (Å²) in [6.45, 7) is 0.238. The molecule has 6 heteroatoms. The maximum Gasteiger partial charge on any atom is 0.407 e. The molecule has 0 unspecified atom stereocenters. The van der Waals surface area contributed by atoms with Gasteiger partial charge in [0, 0.05) is 12.1 Å². The molecule has 1 saturated carbocycles. The Morgan fingerprint density at radius 3 is 2.68 bits per heavy atom. The molecule has 128 valence electrons. The third-order valence-electron chi connectivity index (χ3n) is 4.13. The topological polar surface area (TPSA) is 74.2 Å². The van der Waals surface area contributed by atoms with Crippen LogP contribution in [0.5, 0.6) is 0 Å². The van der Waals surface area contributed by atoms with Gasteiger partial charge in [0.05, 0.1) is 11.3 Å². The summed E-state index contributed by atoms with van der Waals surface area (Å²) in [5, 5.41) is 15.1. The molecule has 5 nitrogen and oxygen atoms in total. The molecule has 25 heavy (non-hydrogen) atoms. The molecule has 0 atom stereocenters. The van der Waals surface area contributed by atoms with E-state index in [0.717, 1.165) is 18.4 Å². The van der Waals surface area contributed by atoms with Crippen LogP contribution in [0.25, 0.3) is 0 Å². The predicted octanol–water partition coefficient (Wildman–Crippen LogP) is 3.57. The van der Waals surface area contributed by atoms with Gasteiger partial charge in [0.15, 0.2) is 0 Å². The number of nitriles is 1. The fourth-order valence-electron chi connectivity index (χ4n) is 2.74. The molecular weight excluding hydrogens is 321 g/mol. The van der Waals surface area contributed by atoms with Crippen molar-refractivity contribution in [2.75, 3.05) is 5.32 Å². The lowest BCUT2D eigenvalue weighted by Crippen LogP contribution is -2.49. The number of benzene rings is 2. The zero-order valence-electron chi connectivity index (χ0n) is 13.5. The zero-order chi connectivity index (χ0) is 17.6. The van der Waals surface area contributed by atoms with E-state index in [1.54, 1.807) is 6.07 Å². The largest absolute Gasteiger partial charge is 0.445 e. The quantitative estimate of drug-likeness (QED) is 0.873. The van der Waals surface area contributed by atoms with Crippen molar-refractivity contribution in [3.05, 3.63) is 65.5 Å². The first-order valence-corrected chi connectivity index (χ1v) is 8.07. The summed E-state index contributed by atoms with van der Waals surface area (Å²) in [7, 11) is 0. The third kappa shape index (κ3) is 4.48. The number of anilines is 1. The van der Waals surface area contributed by atoms with Crippen LogP contribution in [0.2, 0.25) is 0 Å². The molecule has 3 rings (SSSR count). The van der Waals surface area contributed by atoms with Gasteiger partial charge in [-0.15, -0.1) is 0 Å². The Hall–Kier alpha value is -3.07. The van der Waals surface area contributed by atoms with E-state index in [2.05, 4.69) is 10.6 Å². The SMILES string of the molecule is N#Cc1cc(F)ccc1NC1CC(NC(=O)OCc2ccccc2)C1. The molecule has 2 aromatic carbocycles. The van der Waals surface area contributed by atoms with Crippen molar-refractivity contribution in [1.29, 1.82) is 5.26 Å². The van der Waals surface area contributed by atoms with E-state index in [4.69, 9.17) is 10.00 Å². The fourth-order valence-corrected chi connectivity index (χ4v) is 2.74. The van der Waals surface area contributed by atoms with Crippen LogP contribution < -0.4 is 10.6 Å². The summed E-state index contributed by atoms with van der Waals surface area (Å²) < 4.78 is 18.3. The summed E-state index contributed by atoms with van der Waals surface area (Å²) >= 11 is 0. The number of nitrogens with zero attached hydrogens (tertiary/aromatic N) is 1. The van der Waals surface area contributed by atoms with Crippen LogP contribution in [0.4, 0.5) is 14.9 Å². The van der Waals surface area contributed by atoms with Crippen LogP contribution in [-0.2, 0) is 11.3 Å². The lowest BCUT2D eigenvalue weighted by Gasteiger charge is -2.36. The number of carbonyl (C=O) groups is 1. The van der Waals surface area contributed by atoms with Crippen LogP contribution in [0.15, 0.2) is 48.5 Å². The molecule has 0 bridgehead atoms. The Morgan fingerprint density at radius 2 is 1.96 bits per heavy atom. The second-order valence-electron chi connectivity index (χ2n) is 6.02. The van der Waals surface area contributed by atoms with Crippen LogP contribution in [0, 0.1) is 17.1 Å². The minimum atomic E-state index is -0.438. The van der Waals surface area contributed by atoms with Gasteiger partial charge in [0.2, 0.25) is 0 Å². The normalized spacial score (nSPS) is 18.6. The molecule has 0 heterocycles. The summed E-state index contributed by atoms with van der Waals surface area (Å²) in [6, 6.07) is 15.7. The highest BCUT2D eigenvalue weighted by Gasteiger charge is 2.31. The highest BCUT2D eigenvalue weighted by atomic mass is 19.1. The predicted molar refractivity (Wildman–Crippen MR) is 91.3 cm³/mol. The summed E-state index contributed by atoms with van der Waals surface area (Å²) in [5.41, 5.74) is 1.82. The van der Waals surface area contributed by atoms with E-state index in [1.165, 1.54) is 12.1 Å². The summed E-state index contributed by atoms with van der Waals surface area (Å²) in [6.07, 6.45) is 1.01. The van der Waals surface area contributed by atoms with Crippen molar-refractivity contribution in [2.24, 2.45) is 0 Å². The summed E-state index contributed by atoms with van der Waals surface area (Å²) in [5.74, 6) is -0.434. The standard InChI is InChI=1S/C19H18FN3O2/c20-15-6-7-18(14(8-15)11-21)22-16-9-17(10-16)23-19(24)25-12-13-4-2-1-3-5-13/h1-8,16-17,22H,9-10,12H2,(H,23,24). The molecule has 1 amide bonds. The zero-order valence-corrected chi connectivity index (χ0v) is 13.5. The van der Waals surface area contributed by atoms with Crippen molar-refractivity contribution < 1.29 is 13.9 Å². The Kier molecular flexibility index (Phi) is 5.14. The van der Waals surface area contributed by atoms with Crippen molar-refractivity contribution in [2.45, 2.75) is 31.5 Å². The molecule has 0 aliphatic heterocycles. The van der Waals surface area contributed by atoms with Crippen LogP contribution >= 0.6 is 0 Å². The van der Waals surface area contributed by atoms with Gasteiger partial charge in [-0.3, -0.25) is 0 Å². The number of alkyl carbamates (subject to hydrolysis) is 1. The van der Waals surface area contributed by atoms with E-state index in [0.29, 0.717) is 5.69 Å².